The van der Waals surface area contributed by atoms with Gasteiger partial charge in [-0.15, -0.1) is 0 Å². The van der Waals surface area contributed by atoms with Crippen LogP contribution in [0, 0.1) is 0 Å². The highest BCUT2D eigenvalue weighted by molar-refractivity contribution is 5.93. The van der Waals surface area contributed by atoms with Gasteiger partial charge in [0, 0.05) is 43.4 Å². The summed E-state index contributed by atoms with van der Waals surface area (Å²) in [6.07, 6.45) is -3.96. The topological polar surface area (TPSA) is 53.7 Å². The Morgan fingerprint density at radius 1 is 0.786 bits per heavy atom. The Morgan fingerprint density at radius 2 is 1.40 bits per heavy atom. The van der Waals surface area contributed by atoms with Gasteiger partial charge in [0.05, 0.1) is 11.7 Å². The first-order valence-corrected chi connectivity index (χ1v) is 14.1. The summed E-state index contributed by atoms with van der Waals surface area (Å²) in [5.41, 5.74) is 3.58. The molecule has 1 aliphatic heterocycles. The number of alkyl halides is 3. The second-order valence-electron chi connectivity index (χ2n) is 10.8. The van der Waals surface area contributed by atoms with Crippen molar-refractivity contribution in [3.05, 3.63) is 125 Å². The zero-order valence-electron chi connectivity index (χ0n) is 22.8. The molecule has 0 unspecified atom stereocenters. The number of nitrogens with zero attached hydrogens (tertiary/aromatic N) is 5. The number of piperazine rings is 1. The third-order valence-corrected chi connectivity index (χ3v) is 8.30. The van der Waals surface area contributed by atoms with Crippen LogP contribution in [0.2, 0.25) is 0 Å². The van der Waals surface area contributed by atoms with Gasteiger partial charge < -0.3 is 4.90 Å². The van der Waals surface area contributed by atoms with Gasteiger partial charge in [-0.25, -0.2) is 9.50 Å². The zero-order valence-corrected chi connectivity index (χ0v) is 22.8. The van der Waals surface area contributed by atoms with Crippen LogP contribution in [0.1, 0.15) is 44.5 Å². The van der Waals surface area contributed by atoms with Gasteiger partial charge in [0.25, 0.3) is 5.91 Å². The summed E-state index contributed by atoms with van der Waals surface area (Å²) in [6, 6.07) is 29.3. The Bertz CT molecular complexity index is 1720. The zero-order chi connectivity index (χ0) is 28.8. The molecular formula is C33H28F3N5O. The smallest absolute Gasteiger partial charge is 0.335 e. The van der Waals surface area contributed by atoms with E-state index in [9.17, 15) is 18.0 Å². The Kier molecular flexibility index (Phi) is 6.54. The molecule has 1 fully saturated rings. The predicted octanol–water partition coefficient (Wildman–Crippen LogP) is 6.06. The number of amides is 1. The summed E-state index contributed by atoms with van der Waals surface area (Å²) in [4.78, 5) is 22.2. The maximum absolute atomic E-state index is 14.5. The number of benzene rings is 3. The molecule has 0 N–H and O–H groups in total. The minimum Gasteiger partial charge on any atom is -0.335 e. The average molecular weight is 568 g/mol. The molecule has 0 radical (unpaired) electrons. The number of aromatic nitrogens is 3. The summed E-state index contributed by atoms with van der Waals surface area (Å²) in [5.74, 6) is -0.386. The quantitative estimate of drug-likeness (QED) is 0.265. The van der Waals surface area contributed by atoms with Crippen molar-refractivity contribution in [1.29, 1.82) is 0 Å². The van der Waals surface area contributed by atoms with Gasteiger partial charge in [-0.05, 0) is 29.5 Å². The van der Waals surface area contributed by atoms with Crippen LogP contribution in [-0.4, -0.2) is 56.5 Å². The molecule has 0 bridgehead atoms. The van der Waals surface area contributed by atoms with Crippen molar-refractivity contribution >= 4 is 11.6 Å². The predicted molar refractivity (Wildman–Crippen MR) is 153 cm³/mol. The number of fused-ring (bicyclic) bond motifs is 4. The molecular weight excluding hydrogens is 539 g/mol. The molecule has 3 aromatic carbocycles. The lowest BCUT2D eigenvalue weighted by atomic mass is 9.88. The first kappa shape index (κ1) is 26.4. The standard InChI is InChI=1S/C33H28F3N5O/c34-33(35,36)31-26-16-15-22-9-7-8-14-25(22)29(26)37-28-21-27(38-41(28)31)32(42)40-19-17-39(18-20-40)30(23-10-3-1-4-11-23)24-12-5-2-6-13-24/h1-14,21,30H,15-20H2. The molecule has 7 rings (SSSR count). The molecule has 3 heterocycles. The average Bonchev–Trinajstić information content (AvgIpc) is 3.44. The Hall–Kier alpha value is -4.50. The maximum Gasteiger partial charge on any atom is 0.433 e. The van der Waals surface area contributed by atoms with E-state index in [0.29, 0.717) is 43.9 Å². The van der Waals surface area contributed by atoms with Gasteiger partial charge >= 0.3 is 6.18 Å². The van der Waals surface area contributed by atoms with Crippen molar-refractivity contribution in [2.24, 2.45) is 0 Å². The number of aryl methyl sites for hydroxylation is 1. The van der Waals surface area contributed by atoms with E-state index in [1.165, 1.54) is 17.2 Å². The molecule has 0 atom stereocenters. The SMILES string of the molecule is O=C(c1cc2nc3c(c(C(F)(F)F)n2n1)CCc1ccccc1-3)N1CCN(C(c2ccccc2)c2ccccc2)CC1. The number of carbonyl (C=O) groups is 1. The fourth-order valence-electron chi connectivity index (χ4n) is 6.35. The second-order valence-corrected chi connectivity index (χ2v) is 10.8. The first-order valence-electron chi connectivity index (χ1n) is 14.1. The highest BCUT2D eigenvalue weighted by atomic mass is 19.4. The highest BCUT2D eigenvalue weighted by Crippen LogP contribution is 2.40. The van der Waals surface area contributed by atoms with Crippen LogP contribution < -0.4 is 0 Å². The molecule has 0 spiro atoms. The summed E-state index contributed by atoms with van der Waals surface area (Å²) in [6.45, 7) is 2.11. The van der Waals surface area contributed by atoms with Crippen molar-refractivity contribution < 1.29 is 18.0 Å². The fourth-order valence-corrected chi connectivity index (χ4v) is 6.35. The molecule has 42 heavy (non-hydrogen) atoms. The molecule has 1 amide bonds. The van der Waals surface area contributed by atoms with Crippen molar-refractivity contribution in [1.82, 2.24) is 24.4 Å². The Morgan fingerprint density at radius 3 is 2.05 bits per heavy atom. The normalized spacial score (nSPS) is 15.6. The van der Waals surface area contributed by atoms with Gasteiger partial charge in [-0.1, -0.05) is 84.9 Å². The molecule has 1 aliphatic carbocycles. The van der Waals surface area contributed by atoms with E-state index < -0.39 is 11.9 Å². The largest absolute Gasteiger partial charge is 0.433 e. The summed E-state index contributed by atoms with van der Waals surface area (Å²) in [5, 5.41) is 4.20. The van der Waals surface area contributed by atoms with Gasteiger partial charge in [0.15, 0.2) is 17.0 Å². The van der Waals surface area contributed by atoms with E-state index >= 15 is 0 Å². The Balaban J connectivity index is 1.18. The van der Waals surface area contributed by atoms with Crippen LogP contribution in [0.15, 0.2) is 91.0 Å². The van der Waals surface area contributed by atoms with Crippen molar-refractivity contribution in [3.8, 4) is 11.3 Å². The highest BCUT2D eigenvalue weighted by Gasteiger charge is 2.40. The lowest BCUT2D eigenvalue weighted by molar-refractivity contribution is -0.143. The maximum atomic E-state index is 14.5. The molecule has 6 nitrogen and oxygen atoms in total. The van der Waals surface area contributed by atoms with Crippen LogP contribution in [0.5, 0.6) is 0 Å². The number of rotatable bonds is 4. The molecule has 2 aromatic heterocycles. The van der Waals surface area contributed by atoms with Gasteiger partial charge in [-0.2, -0.15) is 18.3 Å². The van der Waals surface area contributed by atoms with E-state index in [-0.39, 0.29) is 35.3 Å². The van der Waals surface area contributed by atoms with Crippen LogP contribution in [0.4, 0.5) is 13.2 Å². The van der Waals surface area contributed by atoms with Gasteiger partial charge in [0.2, 0.25) is 0 Å². The molecule has 0 saturated carbocycles. The molecule has 9 heteroatoms. The van der Waals surface area contributed by atoms with Crippen molar-refractivity contribution in [3.63, 3.8) is 0 Å². The number of halogens is 3. The minimum absolute atomic E-state index is 0.0213. The second kappa shape index (κ2) is 10.4. The van der Waals surface area contributed by atoms with Crippen LogP contribution in [0.3, 0.4) is 0 Å². The van der Waals surface area contributed by atoms with Crippen LogP contribution >= 0.6 is 0 Å². The van der Waals surface area contributed by atoms with Crippen molar-refractivity contribution in [2.45, 2.75) is 25.1 Å². The third-order valence-electron chi connectivity index (χ3n) is 8.30. The Labute approximate surface area is 241 Å². The van der Waals surface area contributed by atoms with Crippen LogP contribution in [-0.2, 0) is 19.0 Å². The summed E-state index contributed by atoms with van der Waals surface area (Å²) < 4.78 is 44.2. The van der Waals surface area contributed by atoms with Crippen LogP contribution in [0.25, 0.3) is 16.9 Å². The summed E-state index contributed by atoms with van der Waals surface area (Å²) in [7, 11) is 0. The fraction of sp³-hybridized carbons (Fsp3) is 0.242. The molecule has 2 aliphatic rings. The summed E-state index contributed by atoms with van der Waals surface area (Å²) >= 11 is 0. The lowest BCUT2D eigenvalue weighted by Crippen LogP contribution is -2.50. The van der Waals surface area contributed by atoms with E-state index in [1.807, 2.05) is 48.5 Å². The minimum atomic E-state index is -4.65. The lowest BCUT2D eigenvalue weighted by Gasteiger charge is -2.39. The molecule has 5 aromatic rings. The van der Waals surface area contributed by atoms with E-state index in [1.54, 1.807) is 17.0 Å². The monoisotopic (exact) mass is 567 g/mol. The van der Waals surface area contributed by atoms with Gasteiger partial charge in [-0.3, -0.25) is 9.69 Å². The number of carbonyl (C=O) groups excluding carboxylic acids is 1. The van der Waals surface area contributed by atoms with Crippen molar-refractivity contribution in [2.75, 3.05) is 26.2 Å². The van der Waals surface area contributed by atoms with E-state index in [0.717, 1.165) is 10.1 Å². The first-order chi connectivity index (χ1) is 20.4. The van der Waals surface area contributed by atoms with Gasteiger partial charge in [0.1, 0.15) is 0 Å². The van der Waals surface area contributed by atoms with E-state index in [2.05, 4.69) is 39.2 Å². The molecule has 1 saturated heterocycles. The number of hydrogen-bond acceptors (Lipinski definition) is 4. The molecule has 212 valence electrons. The third kappa shape index (κ3) is 4.63. The number of hydrogen-bond donors (Lipinski definition) is 0. The van der Waals surface area contributed by atoms with E-state index in [4.69, 9.17) is 0 Å².